The highest BCUT2D eigenvalue weighted by molar-refractivity contribution is 9.11. The summed E-state index contributed by atoms with van der Waals surface area (Å²) in [5.74, 6) is 1.58. The largest absolute Gasteiger partial charge is 0.469 e. The molecule has 1 N–H and O–H groups in total. The number of benzene rings is 2. The summed E-state index contributed by atoms with van der Waals surface area (Å²) >= 11 is 27.6. The maximum atomic E-state index is 12.8. The van der Waals surface area contributed by atoms with Crippen molar-refractivity contribution in [3.05, 3.63) is 121 Å². The Bertz CT molecular complexity index is 2160. The molecule has 8 rings (SSSR count). The van der Waals surface area contributed by atoms with Gasteiger partial charge in [0.2, 0.25) is 5.91 Å². The summed E-state index contributed by atoms with van der Waals surface area (Å²) in [6.07, 6.45) is 15.4. The Balaban J connectivity index is 0.000000191. The highest BCUT2D eigenvalue weighted by Crippen LogP contribution is 2.47. The van der Waals surface area contributed by atoms with Crippen LogP contribution in [0.4, 0.5) is 0 Å². The van der Waals surface area contributed by atoms with E-state index in [0.29, 0.717) is 30.6 Å². The van der Waals surface area contributed by atoms with E-state index in [0.717, 1.165) is 118 Å². The molecule has 0 saturated carbocycles. The van der Waals surface area contributed by atoms with E-state index < -0.39 is 0 Å². The number of hydrogen-bond acceptors (Lipinski definition) is 6. The smallest absolute Gasteiger partial charge is 0.305 e. The number of rotatable bonds is 8. The number of nitrogens with zero attached hydrogens (tertiary/aromatic N) is 3. The maximum Gasteiger partial charge on any atom is 0.305 e. The Morgan fingerprint density at radius 3 is 1.66 bits per heavy atom. The van der Waals surface area contributed by atoms with Gasteiger partial charge < -0.3 is 15.0 Å². The third-order valence-electron chi connectivity index (χ3n) is 12.6. The van der Waals surface area contributed by atoms with E-state index in [1.54, 1.807) is 0 Å². The molecule has 7 nitrogen and oxygen atoms in total. The molecular formula is C46H50Br4Cl2N4O3. The van der Waals surface area contributed by atoms with Crippen molar-refractivity contribution in [2.75, 3.05) is 33.3 Å². The van der Waals surface area contributed by atoms with Gasteiger partial charge in [0.15, 0.2) is 0 Å². The number of amides is 1. The molecule has 2 saturated heterocycles. The van der Waals surface area contributed by atoms with Gasteiger partial charge in [0, 0.05) is 78.1 Å². The molecule has 2 fully saturated rings. The van der Waals surface area contributed by atoms with E-state index in [4.69, 9.17) is 33.2 Å². The Morgan fingerprint density at radius 1 is 0.678 bits per heavy atom. The molecule has 2 atom stereocenters. The van der Waals surface area contributed by atoms with E-state index in [-0.39, 0.29) is 17.8 Å². The number of carbonyl (C=O) groups is 2. The van der Waals surface area contributed by atoms with Crippen molar-refractivity contribution in [2.45, 2.75) is 95.3 Å². The lowest BCUT2D eigenvalue weighted by atomic mass is 9.76. The standard InChI is InChI=1S/C27H31Br2ClN2O3.C19H19Br2ClN2/c1-35-24(34)6-4-2-3-5-23(33)32-11-9-17(10-12-32)26-25-18(14-21(30)15-22(25)29)7-8-19-13-20(28)16-31-27(19)26;20-14-7-13-2-1-12-8-15(22)9-16(21)17(12)18(19(13)24-10-14)11-3-5-23-6-4-11/h13-17,26H,2-12H2,1H3;7-11,18,23H,1-6H2/t26-;/m1./s1. The number of esters is 1. The Kier molecular flexibility index (Phi) is 16.1. The van der Waals surface area contributed by atoms with Gasteiger partial charge in [-0.25, -0.2) is 0 Å². The van der Waals surface area contributed by atoms with Gasteiger partial charge in [0.25, 0.3) is 0 Å². The van der Waals surface area contributed by atoms with Crippen LogP contribution in [0.3, 0.4) is 0 Å². The van der Waals surface area contributed by atoms with Crippen molar-refractivity contribution < 1.29 is 14.3 Å². The predicted molar refractivity (Wildman–Crippen MR) is 251 cm³/mol. The van der Waals surface area contributed by atoms with Gasteiger partial charge >= 0.3 is 5.97 Å². The number of aromatic nitrogens is 2. The van der Waals surface area contributed by atoms with Gasteiger partial charge in [-0.15, -0.1) is 0 Å². The lowest BCUT2D eigenvalue weighted by molar-refractivity contribution is -0.140. The van der Waals surface area contributed by atoms with Gasteiger partial charge in [-0.1, -0.05) is 61.5 Å². The molecule has 2 aliphatic carbocycles. The molecule has 2 aromatic heterocycles. The summed E-state index contributed by atoms with van der Waals surface area (Å²) in [6, 6.07) is 12.7. The minimum atomic E-state index is -0.184. The first-order valence-electron chi connectivity index (χ1n) is 20.8. The highest BCUT2D eigenvalue weighted by atomic mass is 79.9. The van der Waals surface area contributed by atoms with E-state index in [1.165, 1.54) is 59.0 Å². The van der Waals surface area contributed by atoms with Crippen molar-refractivity contribution in [3.63, 3.8) is 0 Å². The lowest BCUT2D eigenvalue weighted by Gasteiger charge is -2.37. The molecule has 1 unspecified atom stereocenters. The minimum absolute atomic E-state index is 0.179. The Hall–Kier alpha value is -1.86. The molecule has 2 aliphatic heterocycles. The van der Waals surface area contributed by atoms with E-state index in [1.807, 2.05) is 29.4 Å². The number of carbonyl (C=O) groups excluding carboxylic acids is 2. The van der Waals surface area contributed by atoms with Crippen LogP contribution in [0.25, 0.3) is 0 Å². The summed E-state index contributed by atoms with van der Waals surface area (Å²) in [4.78, 5) is 35.8. The number of hydrogen-bond donors (Lipinski definition) is 1. The number of unbranched alkanes of at least 4 members (excludes halogenated alkanes) is 2. The second-order valence-corrected chi connectivity index (χ2v) is 20.6. The normalized spacial score (nSPS) is 19.2. The summed E-state index contributed by atoms with van der Waals surface area (Å²) in [7, 11) is 1.41. The Labute approximate surface area is 392 Å². The average molecular weight is 1100 g/mol. The predicted octanol–water partition coefficient (Wildman–Crippen LogP) is 12.3. The van der Waals surface area contributed by atoms with Crippen LogP contribution in [0.1, 0.15) is 114 Å². The molecule has 2 aromatic carbocycles. The molecule has 0 spiro atoms. The summed E-state index contributed by atoms with van der Waals surface area (Å²) < 4.78 is 8.92. The zero-order chi connectivity index (χ0) is 41.6. The lowest BCUT2D eigenvalue weighted by Crippen LogP contribution is -2.40. The molecular weight excluding hydrogens is 1050 g/mol. The number of aryl methyl sites for hydroxylation is 4. The number of fused-ring (bicyclic) bond motifs is 4. The van der Waals surface area contributed by atoms with Crippen LogP contribution < -0.4 is 5.32 Å². The van der Waals surface area contributed by atoms with Gasteiger partial charge in [0.1, 0.15) is 0 Å². The molecule has 4 aliphatic rings. The fourth-order valence-electron chi connectivity index (χ4n) is 9.70. The number of methoxy groups -OCH3 is 1. The first-order chi connectivity index (χ1) is 28.5. The number of likely N-dealkylation sites (tertiary alicyclic amines) is 1. The van der Waals surface area contributed by atoms with Crippen LogP contribution in [0.15, 0.2) is 66.7 Å². The number of halogens is 6. The zero-order valence-electron chi connectivity index (χ0n) is 33.3. The van der Waals surface area contributed by atoms with Gasteiger partial charge in [-0.05, 0) is 191 Å². The van der Waals surface area contributed by atoms with Crippen molar-refractivity contribution in [2.24, 2.45) is 11.8 Å². The average Bonchev–Trinajstić information content (AvgIpc) is 3.49. The molecule has 4 aromatic rings. The van der Waals surface area contributed by atoms with Crippen molar-refractivity contribution in [3.8, 4) is 0 Å². The monoisotopic (exact) mass is 1090 g/mol. The van der Waals surface area contributed by atoms with Crippen LogP contribution in [0.2, 0.25) is 10.0 Å². The molecule has 1 amide bonds. The van der Waals surface area contributed by atoms with Crippen LogP contribution in [0, 0.1) is 11.8 Å². The third-order valence-corrected chi connectivity index (χ3v) is 15.2. The third kappa shape index (κ3) is 11.0. The maximum absolute atomic E-state index is 12.8. The number of pyridine rings is 2. The molecule has 59 heavy (non-hydrogen) atoms. The zero-order valence-corrected chi connectivity index (χ0v) is 41.1. The molecule has 0 radical (unpaired) electrons. The first-order valence-corrected chi connectivity index (χ1v) is 24.7. The molecule has 13 heteroatoms. The summed E-state index contributed by atoms with van der Waals surface area (Å²) in [6.45, 7) is 3.73. The molecule has 0 bridgehead atoms. The summed E-state index contributed by atoms with van der Waals surface area (Å²) in [5, 5.41) is 5.05. The van der Waals surface area contributed by atoms with Crippen LogP contribution in [-0.4, -0.2) is 60.0 Å². The number of piperidine rings is 2. The quantitative estimate of drug-likeness (QED) is 0.140. The molecule has 4 heterocycles. The Morgan fingerprint density at radius 2 is 1.15 bits per heavy atom. The second kappa shape index (κ2) is 21.0. The van der Waals surface area contributed by atoms with Crippen LogP contribution in [0.5, 0.6) is 0 Å². The van der Waals surface area contributed by atoms with Gasteiger partial charge in [0.05, 0.1) is 18.5 Å². The fraction of sp³-hybridized carbons (Fsp3) is 0.478. The van der Waals surface area contributed by atoms with Gasteiger partial charge in [-0.2, -0.15) is 0 Å². The topological polar surface area (TPSA) is 84.4 Å². The second-order valence-electron chi connectivity index (χ2n) is 16.2. The minimum Gasteiger partial charge on any atom is -0.469 e. The van der Waals surface area contributed by atoms with Crippen LogP contribution in [-0.2, 0) is 40.0 Å². The van der Waals surface area contributed by atoms with E-state index >= 15 is 0 Å². The van der Waals surface area contributed by atoms with E-state index in [2.05, 4.69) is 98.0 Å². The van der Waals surface area contributed by atoms with Crippen LogP contribution >= 0.6 is 86.9 Å². The molecule has 314 valence electrons. The highest BCUT2D eigenvalue weighted by Gasteiger charge is 2.37. The fourth-order valence-corrected chi connectivity index (χ4v) is 12.7. The SMILES string of the molecule is COC(=O)CCCCCC(=O)N1CCC([C@H]2c3ncc(Br)cc3CCc3cc(Cl)cc(Br)c32)CC1.Clc1cc(Br)c2c(c1)CCc1cc(Br)cnc1C2C1CCNCC1. The van der Waals surface area contributed by atoms with Crippen molar-refractivity contribution in [1.82, 2.24) is 20.2 Å². The first kappa shape index (κ1) is 45.2. The van der Waals surface area contributed by atoms with Crippen molar-refractivity contribution >= 4 is 98.8 Å². The number of nitrogens with one attached hydrogen (secondary N) is 1. The van der Waals surface area contributed by atoms with Gasteiger partial charge in [-0.3, -0.25) is 19.6 Å². The summed E-state index contributed by atoms with van der Waals surface area (Å²) in [5.41, 5.74) is 10.4. The van der Waals surface area contributed by atoms with E-state index in [9.17, 15) is 9.59 Å². The number of ether oxygens (including phenoxy) is 1. The van der Waals surface area contributed by atoms with Crippen molar-refractivity contribution in [1.29, 1.82) is 0 Å².